The molecular formula is C25H52. The first kappa shape index (κ1) is 25.0. The quantitative estimate of drug-likeness (QED) is 0.243. The van der Waals surface area contributed by atoms with E-state index >= 15 is 0 Å². The molecule has 0 nitrogen and oxygen atoms in total. The van der Waals surface area contributed by atoms with Crippen LogP contribution >= 0.6 is 0 Å². The van der Waals surface area contributed by atoms with Gasteiger partial charge < -0.3 is 0 Å². The first-order chi connectivity index (χ1) is 11.9. The van der Waals surface area contributed by atoms with Gasteiger partial charge in [0.2, 0.25) is 0 Å². The molecule has 0 heteroatoms. The molecule has 0 aliphatic rings. The molecule has 0 N–H and O–H groups in total. The second-order valence-corrected chi connectivity index (χ2v) is 9.46. The Kier molecular flexibility index (Phi) is 15.1. The summed E-state index contributed by atoms with van der Waals surface area (Å²) in [6.07, 6.45) is 15.6. The maximum absolute atomic E-state index is 2.54. The van der Waals surface area contributed by atoms with Crippen molar-refractivity contribution >= 4 is 0 Å². The maximum atomic E-state index is 2.54. The predicted molar refractivity (Wildman–Crippen MR) is 117 cm³/mol. The van der Waals surface area contributed by atoms with Gasteiger partial charge in [0, 0.05) is 0 Å². The molecule has 0 aliphatic carbocycles. The van der Waals surface area contributed by atoms with Gasteiger partial charge in [-0.05, 0) is 35.5 Å². The Morgan fingerprint density at radius 1 is 0.480 bits per heavy atom. The fourth-order valence-corrected chi connectivity index (χ4v) is 4.26. The summed E-state index contributed by atoms with van der Waals surface area (Å²) in [6.45, 7) is 19.5. The zero-order valence-corrected chi connectivity index (χ0v) is 19.2. The standard InChI is InChI=1S/C25H52/c1-9-20(4)16-14-12-13-15-17-25(11-3)24(8)23(7)22(6)19-18-21(5)10-2/h20-25H,9-19H2,1-8H3. The summed E-state index contributed by atoms with van der Waals surface area (Å²) in [4.78, 5) is 0. The highest BCUT2D eigenvalue weighted by Crippen LogP contribution is 2.34. The third-order valence-electron chi connectivity index (χ3n) is 7.53. The molecule has 0 spiro atoms. The molecule has 0 aromatic carbocycles. The van der Waals surface area contributed by atoms with Crippen LogP contribution in [0.2, 0.25) is 0 Å². The SMILES string of the molecule is CCC(C)CCCCCCC(CC)C(C)C(C)C(C)CCC(C)CC. The number of rotatable bonds is 16. The molecule has 152 valence electrons. The summed E-state index contributed by atoms with van der Waals surface area (Å²) in [6, 6.07) is 0. The monoisotopic (exact) mass is 352 g/mol. The minimum Gasteiger partial charge on any atom is -0.0651 e. The molecular weight excluding hydrogens is 300 g/mol. The smallest absolute Gasteiger partial charge is 0.0386 e. The van der Waals surface area contributed by atoms with E-state index in [1.807, 2.05) is 0 Å². The van der Waals surface area contributed by atoms with Gasteiger partial charge in [0.05, 0.1) is 0 Å². The zero-order chi connectivity index (χ0) is 19.2. The van der Waals surface area contributed by atoms with Gasteiger partial charge in [-0.15, -0.1) is 0 Å². The van der Waals surface area contributed by atoms with Crippen molar-refractivity contribution in [1.82, 2.24) is 0 Å². The topological polar surface area (TPSA) is 0 Å². The fraction of sp³-hybridized carbons (Fsp3) is 1.00. The molecule has 6 atom stereocenters. The summed E-state index contributed by atoms with van der Waals surface area (Å²) >= 11 is 0. The second kappa shape index (κ2) is 15.1. The molecule has 0 rings (SSSR count). The van der Waals surface area contributed by atoms with Gasteiger partial charge in [0.15, 0.2) is 0 Å². The number of hydrogen-bond acceptors (Lipinski definition) is 0. The third-order valence-corrected chi connectivity index (χ3v) is 7.53. The summed E-state index contributed by atoms with van der Waals surface area (Å²) in [5.41, 5.74) is 0. The molecule has 6 unspecified atom stereocenters. The maximum Gasteiger partial charge on any atom is -0.0386 e. The molecule has 25 heavy (non-hydrogen) atoms. The molecule has 0 saturated carbocycles. The van der Waals surface area contributed by atoms with Gasteiger partial charge in [0.1, 0.15) is 0 Å². The molecule has 0 aromatic rings. The van der Waals surface area contributed by atoms with E-state index in [2.05, 4.69) is 55.4 Å². The predicted octanol–water partition coefficient (Wildman–Crippen LogP) is 9.13. The highest BCUT2D eigenvalue weighted by molar-refractivity contribution is 4.75. The van der Waals surface area contributed by atoms with Crippen molar-refractivity contribution in [3.63, 3.8) is 0 Å². The molecule has 0 aromatic heterocycles. The Morgan fingerprint density at radius 2 is 1.00 bits per heavy atom. The largest absolute Gasteiger partial charge is 0.0651 e. The summed E-state index contributed by atoms with van der Waals surface area (Å²) in [5, 5.41) is 0. The van der Waals surface area contributed by atoms with Crippen LogP contribution in [0.3, 0.4) is 0 Å². The van der Waals surface area contributed by atoms with Crippen LogP contribution in [0, 0.1) is 35.5 Å². The lowest BCUT2D eigenvalue weighted by molar-refractivity contribution is 0.174. The van der Waals surface area contributed by atoms with E-state index in [1.165, 1.54) is 70.6 Å². The van der Waals surface area contributed by atoms with Gasteiger partial charge in [-0.2, -0.15) is 0 Å². The highest BCUT2D eigenvalue weighted by atomic mass is 14.3. The molecule has 0 heterocycles. The van der Waals surface area contributed by atoms with Crippen molar-refractivity contribution in [2.24, 2.45) is 35.5 Å². The van der Waals surface area contributed by atoms with Crippen LogP contribution in [0.4, 0.5) is 0 Å². The normalized spacial score (nSPS) is 19.2. The summed E-state index contributed by atoms with van der Waals surface area (Å²) in [5.74, 6) is 5.42. The van der Waals surface area contributed by atoms with E-state index in [1.54, 1.807) is 0 Å². The minimum absolute atomic E-state index is 0.874. The van der Waals surface area contributed by atoms with E-state index < -0.39 is 0 Å². The number of unbranched alkanes of at least 4 members (excludes halogenated alkanes) is 3. The summed E-state index contributed by atoms with van der Waals surface area (Å²) in [7, 11) is 0. The van der Waals surface area contributed by atoms with Crippen LogP contribution in [0.5, 0.6) is 0 Å². The lowest BCUT2D eigenvalue weighted by Gasteiger charge is -2.33. The van der Waals surface area contributed by atoms with Crippen molar-refractivity contribution in [3.05, 3.63) is 0 Å². The minimum atomic E-state index is 0.874. The molecule has 0 bridgehead atoms. The molecule has 0 aliphatic heterocycles. The second-order valence-electron chi connectivity index (χ2n) is 9.46. The molecule has 0 amide bonds. The van der Waals surface area contributed by atoms with E-state index in [-0.39, 0.29) is 0 Å². The first-order valence-electron chi connectivity index (χ1n) is 11.9. The van der Waals surface area contributed by atoms with E-state index in [9.17, 15) is 0 Å². The Labute approximate surface area is 161 Å². The van der Waals surface area contributed by atoms with Gasteiger partial charge >= 0.3 is 0 Å². The van der Waals surface area contributed by atoms with E-state index in [0.29, 0.717) is 0 Å². The fourth-order valence-electron chi connectivity index (χ4n) is 4.26. The van der Waals surface area contributed by atoms with E-state index in [4.69, 9.17) is 0 Å². The van der Waals surface area contributed by atoms with Crippen LogP contribution < -0.4 is 0 Å². The van der Waals surface area contributed by atoms with Crippen LogP contribution in [0.25, 0.3) is 0 Å². The Hall–Kier alpha value is 0. The van der Waals surface area contributed by atoms with Gasteiger partial charge in [-0.25, -0.2) is 0 Å². The van der Waals surface area contributed by atoms with Gasteiger partial charge in [-0.3, -0.25) is 0 Å². The molecule has 0 fully saturated rings. The zero-order valence-electron chi connectivity index (χ0n) is 19.2. The van der Waals surface area contributed by atoms with Crippen molar-refractivity contribution in [2.75, 3.05) is 0 Å². The highest BCUT2D eigenvalue weighted by Gasteiger charge is 2.25. The first-order valence-corrected chi connectivity index (χ1v) is 11.9. The van der Waals surface area contributed by atoms with Gasteiger partial charge in [-0.1, -0.05) is 126 Å². The third kappa shape index (κ3) is 11.3. The lowest BCUT2D eigenvalue weighted by atomic mass is 9.73. The summed E-state index contributed by atoms with van der Waals surface area (Å²) < 4.78 is 0. The van der Waals surface area contributed by atoms with Gasteiger partial charge in [0.25, 0.3) is 0 Å². The van der Waals surface area contributed by atoms with Crippen LogP contribution in [0.15, 0.2) is 0 Å². The van der Waals surface area contributed by atoms with Crippen LogP contribution in [-0.2, 0) is 0 Å². The Bertz CT molecular complexity index is 282. The molecule has 0 radical (unpaired) electrons. The van der Waals surface area contributed by atoms with Crippen molar-refractivity contribution in [2.45, 2.75) is 126 Å². The average Bonchev–Trinajstić information content (AvgIpc) is 2.63. The molecule has 0 saturated heterocycles. The van der Waals surface area contributed by atoms with Crippen molar-refractivity contribution in [1.29, 1.82) is 0 Å². The van der Waals surface area contributed by atoms with Crippen LogP contribution in [-0.4, -0.2) is 0 Å². The van der Waals surface area contributed by atoms with Crippen LogP contribution in [0.1, 0.15) is 126 Å². The Morgan fingerprint density at radius 3 is 1.52 bits per heavy atom. The Balaban J connectivity index is 4.08. The lowest BCUT2D eigenvalue weighted by Crippen LogP contribution is -2.24. The average molecular weight is 353 g/mol. The van der Waals surface area contributed by atoms with Crippen molar-refractivity contribution in [3.8, 4) is 0 Å². The van der Waals surface area contributed by atoms with Crippen molar-refractivity contribution < 1.29 is 0 Å². The number of hydrogen-bond donors (Lipinski definition) is 0. The van der Waals surface area contributed by atoms with E-state index in [0.717, 1.165) is 35.5 Å².